The first kappa shape index (κ1) is 20.8. The van der Waals surface area contributed by atoms with E-state index in [0.29, 0.717) is 30.2 Å². The molecular formula is C25H21FN2O5. The summed E-state index contributed by atoms with van der Waals surface area (Å²) in [6.45, 7) is 1.16. The van der Waals surface area contributed by atoms with E-state index in [0.717, 1.165) is 5.69 Å². The summed E-state index contributed by atoms with van der Waals surface area (Å²) in [5.41, 5.74) is 1.03. The summed E-state index contributed by atoms with van der Waals surface area (Å²) in [5.74, 6) is -1.58. The highest BCUT2D eigenvalue weighted by molar-refractivity contribution is 6.46. The Morgan fingerprint density at radius 2 is 1.97 bits per heavy atom. The number of ether oxygens (including phenoxy) is 1. The lowest BCUT2D eigenvalue weighted by Gasteiger charge is -2.28. The van der Waals surface area contributed by atoms with Gasteiger partial charge in [-0.2, -0.15) is 0 Å². The van der Waals surface area contributed by atoms with Crippen LogP contribution in [-0.2, 0) is 16.1 Å². The molecule has 33 heavy (non-hydrogen) atoms. The van der Waals surface area contributed by atoms with Crippen molar-refractivity contribution in [3.63, 3.8) is 0 Å². The number of amides is 1. The van der Waals surface area contributed by atoms with Gasteiger partial charge in [-0.25, -0.2) is 4.39 Å². The average molecular weight is 448 g/mol. The molecule has 5 rings (SSSR count). The van der Waals surface area contributed by atoms with Crippen LogP contribution in [0.5, 0.6) is 5.75 Å². The van der Waals surface area contributed by atoms with Gasteiger partial charge in [-0.1, -0.05) is 18.2 Å². The van der Waals surface area contributed by atoms with Gasteiger partial charge in [0.15, 0.2) is 0 Å². The van der Waals surface area contributed by atoms with Crippen molar-refractivity contribution in [1.82, 2.24) is 4.90 Å². The van der Waals surface area contributed by atoms with Gasteiger partial charge in [0.05, 0.1) is 36.7 Å². The van der Waals surface area contributed by atoms with E-state index in [1.165, 1.54) is 29.4 Å². The predicted molar refractivity (Wildman–Crippen MR) is 118 cm³/mol. The molecule has 0 spiro atoms. The van der Waals surface area contributed by atoms with Crippen LogP contribution in [0.15, 0.2) is 70.9 Å². The number of hydrogen-bond acceptors (Lipinski definition) is 6. The summed E-state index contributed by atoms with van der Waals surface area (Å²) >= 11 is 0. The lowest BCUT2D eigenvalue weighted by Crippen LogP contribution is -2.29. The molecular weight excluding hydrogens is 427 g/mol. The lowest BCUT2D eigenvalue weighted by molar-refractivity contribution is -0.140. The number of ketones is 1. The Labute approximate surface area is 189 Å². The summed E-state index contributed by atoms with van der Waals surface area (Å²) in [6.07, 6.45) is 1.45. The maximum Gasteiger partial charge on any atom is 0.296 e. The monoisotopic (exact) mass is 448 g/mol. The Morgan fingerprint density at radius 1 is 1.15 bits per heavy atom. The highest BCUT2D eigenvalue weighted by atomic mass is 19.1. The zero-order chi connectivity index (χ0) is 23.1. The van der Waals surface area contributed by atoms with Crippen LogP contribution in [0.2, 0.25) is 0 Å². The molecule has 1 aromatic heterocycles. The minimum Gasteiger partial charge on any atom is -0.507 e. The fourth-order valence-electron chi connectivity index (χ4n) is 4.29. The SMILES string of the molecule is CN1CCOc2ccc(/C(O)=C3\C(=O)C(=O)N(Cc4ccco4)C3c3ccccc3F)cc21. The van der Waals surface area contributed by atoms with Gasteiger partial charge in [0, 0.05) is 18.2 Å². The van der Waals surface area contributed by atoms with Crippen LogP contribution < -0.4 is 9.64 Å². The fourth-order valence-corrected chi connectivity index (χ4v) is 4.29. The summed E-state index contributed by atoms with van der Waals surface area (Å²) in [5, 5.41) is 11.2. The Morgan fingerprint density at radius 3 is 2.73 bits per heavy atom. The van der Waals surface area contributed by atoms with Gasteiger partial charge in [-0.05, 0) is 36.4 Å². The molecule has 1 saturated heterocycles. The molecule has 168 valence electrons. The smallest absolute Gasteiger partial charge is 0.296 e. The Bertz CT molecular complexity index is 1270. The molecule has 1 N–H and O–H groups in total. The number of aliphatic hydroxyl groups is 1. The van der Waals surface area contributed by atoms with E-state index < -0.39 is 23.5 Å². The van der Waals surface area contributed by atoms with Crippen molar-refractivity contribution >= 4 is 23.1 Å². The van der Waals surface area contributed by atoms with Crippen molar-refractivity contribution in [2.45, 2.75) is 12.6 Å². The zero-order valence-corrected chi connectivity index (χ0v) is 17.8. The quantitative estimate of drug-likeness (QED) is 0.371. The van der Waals surface area contributed by atoms with Crippen molar-refractivity contribution in [3.05, 3.63) is 89.1 Å². The first-order valence-electron chi connectivity index (χ1n) is 10.5. The first-order valence-corrected chi connectivity index (χ1v) is 10.5. The van der Waals surface area contributed by atoms with Crippen molar-refractivity contribution in [1.29, 1.82) is 0 Å². The molecule has 3 aromatic rings. The molecule has 1 fully saturated rings. The van der Waals surface area contributed by atoms with E-state index >= 15 is 0 Å². The fraction of sp³-hybridized carbons (Fsp3) is 0.200. The molecule has 0 saturated carbocycles. The van der Waals surface area contributed by atoms with E-state index in [9.17, 15) is 19.1 Å². The molecule has 0 radical (unpaired) electrons. The highest BCUT2D eigenvalue weighted by Gasteiger charge is 2.47. The number of benzene rings is 2. The average Bonchev–Trinajstić information content (AvgIpc) is 3.42. The summed E-state index contributed by atoms with van der Waals surface area (Å²) < 4.78 is 25.9. The van der Waals surface area contributed by atoms with Crippen LogP contribution in [0, 0.1) is 5.82 Å². The van der Waals surface area contributed by atoms with Gasteiger partial charge in [0.1, 0.15) is 29.7 Å². The van der Waals surface area contributed by atoms with Gasteiger partial charge in [-0.15, -0.1) is 0 Å². The second-order valence-electron chi connectivity index (χ2n) is 7.98. The number of nitrogens with zero attached hydrogens (tertiary/aromatic N) is 2. The maximum atomic E-state index is 14.9. The number of likely N-dealkylation sites (tertiary alicyclic amines) is 1. The van der Waals surface area contributed by atoms with Crippen molar-refractivity contribution in [2.75, 3.05) is 25.1 Å². The third-order valence-electron chi connectivity index (χ3n) is 5.97. The number of halogens is 1. The molecule has 7 nitrogen and oxygen atoms in total. The van der Waals surface area contributed by atoms with E-state index in [2.05, 4.69) is 0 Å². The van der Waals surface area contributed by atoms with E-state index in [1.54, 1.807) is 36.4 Å². The minimum atomic E-state index is -1.11. The van der Waals surface area contributed by atoms with Crippen LogP contribution in [0.25, 0.3) is 5.76 Å². The second kappa shape index (κ2) is 8.12. The lowest BCUT2D eigenvalue weighted by atomic mass is 9.94. The van der Waals surface area contributed by atoms with Crippen LogP contribution in [0.3, 0.4) is 0 Å². The van der Waals surface area contributed by atoms with Crippen molar-refractivity contribution < 1.29 is 28.2 Å². The second-order valence-corrected chi connectivity index (χ2v) is 7.98. The van der Waals surface area contributed by atoms with Gasteiger partial charge in [-0.3, -0.25) is 9.59 Å². The molecule has 0 aliphatic carbocycles. The Hall–Kier alpha value is -4.07. The molecule has 1 unspecified atom stereocenters. The third kappa shape index (κ3) is 3.53. The van der Waals surface area contributed by atoms with Crippen molar-refractivity contribution in [2.24, 2.45) is 0 Å². The minimum absolute atomic E-state index is 0.0475. The van der Waals surface area contributed by atoms with E-state index in [-0.39, 0.29) is 23.4 Å². The number of hydrogen-bond donors (Lipinski definition) is 1. The molecule has 3 heterocycles. The molecule has 2 aromatic carbocycles. The molecule has 0 bridgehead atoms. The number of furan rings is 1. The van der Waals surface area contributed by atoms with Crippen LogP contribution in [-0.4, -0.2) is 41.9 Å². The maximum absolute atomic E-state index is 14.9. The highest BCUT2D eigenvalue weighted by Crippen LogP contribution is 2.42. The summed E-state index contributed by atoms with van der Waals surface area (Å²) in [6, 6.07) is 13.1. The molecule has 2 aliphatic heterocycles. The standard InChI is InChI=1S/C25H21FN2O5/c1-27-10-12-33-20-9-8-15(13-19(20)27)23(29)21-22(17-6-2-3-7-18(17)26)28(25(31)24(21)30)14-16-5-4-11-32-16/h2-9,11,13,22,29H,10,12,14H2,1H3/b23-21+. The molecule has 2 aliphatic rings. The van der Waals surface area contributed by atoms with Crippen LogP contribution in [0.1, 0.15) is 22.9 Å². The first-order chi connectivity index (χ1) is 16.0. The van der Waals surface area contributed by atoms with Gasteiger partial charge in [0.2, 0.25) is 0 Å². The summed E-state index contributed by atoms with van der Waals surface area (Å²) in [7, 11) is 1.90. The number of anilines is 1. The Kier molecular flexibility index (Phi) is 5.12. The molecule has 1 amide bonds. The number of Topliss-reactive ketones (excluding diaryl/α,β-unsaturated/α-hetero) is 1. The number of aliphatic hydroxyl groups excluding tert-OH is 1. The van der Waals surface area contributed by atoms with E-state index in [1.807, 2.05) is 11.9 Å². The van der Waals surface area contributed by atoms with Crippen LogP contribution >= 0.6 is 0 Å². The predicted octanol–water partition coefficient (Wildman–Crippen LogP) is 3.87. The number of carbonyl (C=O) groups excluding carboxylic acids is 2. The van der Waals surface area contributed by atoms with Gasteiger partial charge >= 0.3 is 0 Å². The largest absolute Gasteiger partial charge is 0.507 e. The van der Waals surface area contributed by atoms with Gasteiger partial charge < -0.3 is 24.1 Å². The zero-order valence-electron chi connectivity index (χ0n) is 17.8. The van der Waals surface area contributed by atoms with Gasteiger partial charge in [0.25, 0.3) is 11.7 Å². The number of fused-ring (bicyclic) bond motifs is 1. The van der Waals surface area contributed by atoms with Crippen molar-refractivity contribution in [3.8, 4) is 5.75 Å². The number of rotatable bonds is 4. The number of likely N-dealkylation sites (N-methyl/N-ethyl adjacent to an activating group) is 1. The Balaban J connectivity index is 1.66. The number of carbonyl (C=O) groups is 2. The topological polar surface area (TPSA) is 83.2 Å². The van der Waals surface area contributed by atoms with Crippen LogP contribution in [0.4, 0.5) is 10.1 Å². The van der Waals surface area contributed by atoms with E-state index in [4.69, 9.17) is 9.15 Å². The summed E-state index contributed by atoms with van der Waals surface area (Å²) in [4.78, 5) is 29.3. The normalized spacial score (nSPS) is 19.5. The molecule has 8 heteroatoms. The third-order valence-corrected chi connectivity index (χ3v) is 5.97. The molecule has 1 atom stereocenters.